The zero-order chi connectivity index (χ0) is 23.0. The molecule has 0 bridgehead atoms. The number of aryl methyl sites for hydroxylation is 3. The molecule has 0 aliphatic carbocycles. The first-order valence-electron chi connectivity index (χ1n) is 10.5. The van der Waals surface area contributed by atoms with Gasteiger partial charge in [-0.1, -0.05) is 36.4 Å². The Bertz CT molecular complexity index is 1270. The Labute approximate surface area is 187 Å². The molecule has 3 aromatic rings. The first kappa shape index (κ1) is 21.3. The molecule has 32 heavy (non-hydrogen) atoms. The van der Waals surface area contributed by atoms with E-state index < -0.39 is 17.8 Å². The number of carbonyl (C=O) groups excluding carboxylic acids is 3. The number of hydrogen-bond acceptors (Lipinski definition) is 3. The van der Waals surface area contributed by atoms with Crippen molar-refractivity contribution in [1.29, 1.82) is 0 Å². The third kappa shape index (κ3) is 3.87. The molecule has 1 fully saturated rings. The van der Waals surface area contributed by atoms with Crippen molar-refractivity contribution in [3.05, 3.63) is 93.8 Å². The summed E-state index contributed by atoms with van der Waals surface area (Å²) in [6.07, 6.45) is 1.57. The van der Waals surface area contributed by atoms with Crippen molar-refractivity contribution in [3.8, 4) is 5.69 Å². The third-order valence-corrected chi connectivity index (χ3v) is 5.89. The molecule has 162 valence electrons. The Balaban J connectivity index is 1.71. The number of benzene rings is 2. The van der Waals surface area contributed by atoms with E-state index in [1.165, 1.54) is 11.1 Å². The van der Waals surface area contributed by atoms with Crippen molar-refractivity contribution < 1.29 is 14.4 Å². The Morgan fingerprint density at radius 1 is 0.875 bits per heavy atom. The number of rotatable bonds is 4. The van der Waals surface area contributed by atoms with E-state index in [9.17, 15) is 14.4 Å². The smallest absolute Gasteiger partial charge is 0.318 e. The molecule has 0 radical (unpaired) electrons. The molecular weight excluding hydrogens is 402 g/mol. The summed E-state index contributed by atoms with van der Waals surface area (Å²) in [5, 5.41) is 2.29. The van der Waals surface area contributed by atoms with Crippen LogP contribution in [0.3, 0.4) is 0 Å². The minimum atomic E-state index is -0.707. The molecular formula is C26H25N3O3. The Kier molecular flexibility index (Phi) is 5.53. The van der Waals surface area contributed by atoms with Crippen molar-refractivity contribution in [3.63, 3.8) is 0 Å². The maximum Gasteiger partial charge on any atom is 0.331 e. The molecule has 4 amide bonds. The van der Waals surface area contributed by atoms with Crippen LogP contribution in [-0.2, 0) is 16.1 Å². The number of amides is 4. The SMILES string of the molecule is Cc1ccc(-n2c(C)cc(/C=C3\C(=O)NC(=O)N(Cc4ccccc4)C3=O)c2C)cc1C. The van der Waals surface area contributed by atoms with Gasteiger partial charge in [0, 0.05) is 17.1 Å². The van der Waals surface area contributed by atoms with E-state index in [0.29, 0.717) is 0 Å². The molecule has 0 saturated carbocycles. The molecule has 4 rings (SSSR count). The molecule has 1 aliphatic heterocycles. The van der Waals surface area contributed by atoms with Crippen molar-refractivity contribution in [2.45, 2.75) is 34.2 Å². The number of imide groups is 2. The van der Waals surface area contributed by atoms with Gasteiger partial charge in [-0.25, -0.2) is 4.79 Å². The first-order chi connectivity index (χ1) is 15.3. The average Bonchev–Trinajstić information content (AvgIpc) is 3.04. The van der Waals surface area contributed by atoms with Crippen LogP contribution in [-0.4, -0.2) is 27.3 Å². The lowest BCUT2D eigenvalue weighted by atomic mass is 10.1. The lowest BCUT2D eigenvalue weighted by Gasteiger charge is -2.26. The van der Waals surface area contributed by atoms with E-state index >= 15 is 0 Å². The van der Waals surface area contributed by atoms with Crippen LogP contribution in [0.15, 0.2) is 60.2 Å². The van der Waals surface area contributed by atoms with Gasteiger partial charge in [0.25, 0.3) is 11.8 Å². The predicted octanol–water partition coefficient (Wildman–Crippen LogP) is 4.37. The molecule has 1 aliphatic rings. The zero-order valence-electron chi connectivity index (χ0n) is 18.6. The van der Waals surface area contributed by atoms with Crippen molar-refractivity contribution in [2.75, 3.05) is 0 Å². The second-order valence-electron chi connectivity index (χ2n) is 8.12. The van der Waals surface area contributed by atoms with Crippen molar-refractivity contribution >= 4 is 23.9 Å². The number of hydrogen-bond donors (Lipinski definition) is 1. The highest BCUT2D eigenvalue weighted by molar-refractivity contribution is 6.31. The zero-order valence-corrected chi connectivity index (χ0v) is 18.6. The van der Waals surface area contributed by atoms with Gasteiger partial charge in [0.05, 0.1) is 6.54 Å². The summed E-state index contributed by atoms with van der Waals surface area (Å²) >= 11 is 0. The van der Waals surface area contributed by atoms with Gasteiger partial charge in [0.1, 0.15) is 5.57 Å². The van der Waals surface area contributed by atoms with Crippen LogP contribution in [0.2, 0.25) is 0 Å². The van der Waals surface area contributed by atoms with E-state index in [1.54, 1.807) is 6.08 Å². The summed E-state index contributed by atoms with van der Waals surface area (Å²) in [7, 11) is 0. The first-order valence-corrected chi connectivity index (χ1v) is 10.5. The van der Waals surface area contributed by atoms with Crippen molar-refractivity contribution in [1.82, 2.24) is 14.8 Å². The third-order valence-electron chi connectivity index (χ3n) is 5.89. The number of barbiturate groups is 1. The van der Waals surface area contributed by atoms with E-state index in [4.69, 9.17) is 0 Å². The molecule has 1 saturated heterocycles. The standard InChI is InChI=1S/C26H25N3O3/c1-16-10-11-22(12-17(16)2)29-18(3)13-21(19(29)4)14-23-24(30)27-26(32)28(25(23)31)15-20-8-6-5-7-9-20/h5-14H,15H2,1-4H3,(H,27,30,32)/b23-14+. The fourth-order valence-electron chi connectivity index (χ4n) is 3.95. The molecule has 2 heterocycles. The summed E-state index contributed by atoms with van der Waals surface area (Å²) in [4.78, 5) is 39.0. The van der Waals surface area contributed by atoms with E-state index in [2.05, 4.69) is 41.9 Å². The van der Waals surface area contributed by atoms with E-state index in [1.807, 2.05) is 50.2 Å². The molecule has 6 heteroatoms. The Hall–Kier alpha value is -3.93. The summed E-state index contributed by atoms with van der Waals surface area (Å²) in [6, 6.07) is 16.7. The molecule has 1 aromatic heterocycles. The number of nitrogens with zero attached hydrogens (tertiary/aromatic N) is 2. The average molecular weight is 428 g/mol. The summed E-state index contributed by atoms with van der Waals surface area (Å²) in [5.74, 6) is -1.28. The minimum Gasteiger partial charge on any atom is -0.318 e. The Morgan fingerprint density at radius 2 is 1.59 bits per heavy atom. The van der Waals surface area contributed by atoms with Gasteiger partial charge in [0.2, 0.25) is 0 Å². The normalized spacial score (nSPS) is 15.4. The highest BCUT2D eigenvalue weighted by Crippen LogP contribution is 2.25. The van der Waals surface area contributed by atoms with Crippen LogP contribution < -0.4 is 5.32 Å². The fourth-order valence-corrected chi connectivity index (χ4v) is 3.95. The number of nitrogens with one attached hydrogen (secondary N) is 1. The van der Waals surface area contributed by atoms with Gasteiger partial charge in [-0.15, -0.1) is 0 Å². The summed E-state index contributed by atoms with van der Waals surface area (Å²) in [6.45, 7) is 8.17. The minimum absolute atomic E-state index is 0.0548. The summed E-state index contributed by atoms with van der Waals surface area (Å²) in [5.41, 5.74) is 6.82. The summed E-state index contributed by atoms with van der Waals surface area (Å²) < 4.78 is 2.09. The van der Waals surface area contributed by atoms with Crippen LogP contribution in [0.5, 0.6) is 0 Å². The topological polar surface area (TPSA) is 71.4 Å². The van der Waals surface area contributed by atoms with Gasteiger partial charge in [-0.3, -0.25) is 19.8 Å². The van der Waals surface area contributed by atoms with Crippen LogP contribution in [0.4, 0.5) is 4.79 Å². The number of aromatic nitrogens is 1. The van der Waals surface area contributed by atoms with Crippen LogP contribution in [0, 0.1) is 27.7 Å². The molecule has 0 atom stereocenters. The van der Waals surface area contributed by atoms with Crippen LogP contribution in [0.1, 0.15) is 33.6 Å². The van der Waals surface area contributed by atoms with E-state index in [0.717, 1.165) is 33.1 Å². The highest BCUT2D eigenvalue weighted by Gasteiger charge is 2.35. The highest BCUT2D eigenvalue weighted by atomic mass is 16.2. The molecule has 1 N–H and O–H groups in total. The molecule has 0 spiro atoms. The van der Waals surface area contributed by atoms with Gasteiger partial charge in [-0.2, -0.15) is 0 Å². The Morgan fingerprint density at radius 3 is 2.28 bits per heavy atom. The predicted molar refractivity (Wildman–Crippen MR) is 123 cm³/mol. The van der Waals surface area contributed by atoms with Crippen LogP contribution >= 0.6 is 0 Å². The largest absolute Gasteiger partial charge is 0.331 e. The maximum atomic E-state index is 13.1. The second kappa shape index (κ2) is 8.30. The monoisotopic (exact) mass is 427 g/mol. The van der Waals surface area contributed by atoms with Gasteiger partial charge < -0.3 is 4.57 Å². The molecule has 2 aromatic carbocycles. The van der Waals surface area contributed by atoms with Crippen molar-refractivity contribution in [2.24, 2.45) is 0 Å². The maximum absolute atomic E-state index is 13.1. The van der Waals surface area contributed by atoms with Gasteiger partial charge in [0.15, 0.2) is 0 Å². The quantitative estimate of drug-likeness (QED) is 0.496. The number of urea groups is 1. The second-order valence-corrected chi connectivity index (χ2v) is 8.12. The van der Waals surface area contributed by atoms with Gasteiger partial charge in [-0.05, 0) is 74.2 Å². The molecule has 0 unspecified atom stereocenters. The van der Waals surface area contributed by atoms with Crippen LogP contribution in [0.25, 0.3) is 11.8 Å². The van der Waals surface area contributed by atoms with Gasteiger partial charge >= 0.3 is 6.03 Å². The van der Waals surface area contributed by atoms with E-state index in [-0.39, 0.29) is 12.1 Å². The number of carbonyl (C=O) groups is 3. The lowest BCUT2D eigenvalue weighted by Crippen LogP contribution is -2.53. The lowest BCUT2D eigenvalue weighted by molar-refractivity contribution is -0.130. The molecule has 6 nitrogen and oxygen atoms in total. The fraction of sp³-hybridized carbons (Fsp3) is 0.192.